The zero-order chi connectivity index (χ0) is 14.5. The summed E-state index contributed by atoms with van der Waals surface area (Å²) in [7, 11) is 3.72. The van der Waals surface area contributed by atoms with E-state index in [0.29, 0.717) is 13.2 Å². The summed E-state index contributed by atoms with van der Waals surface area (Å²) in [5.41, 5.74) is 1.74. The Kier molecular flexibility index (Phi) is 5.38. The third-order valence-electron chi connectivity index (χ3n) is 4.07. The van der Waals surface area contributed by atoms with E-state index >= 15 is 0 Å². The molecule has 1 saturated carbocycles. The van der Waals surface area contributed by atoms with Gasteiger partial charge in [-0.05, 0) is 30.4 Å². The van der Waals surface area contributed by atoms with Gasteiger partial charge in [-0.2, -0.15) is 0 Å². The van der Waals surface area contributed by atoms with Crippen LogP contribution in [0.4, 0.5) is 10.1 Å². The predicted molar refractivity (Wildman–Crippen MR) is 80.5 cm³/mol. The lowest BCUT2D eigenvalue weighted by molar-refractivity contribution is 0.199. The lowest BCUT2D eigenvalue weighted by Gasteiger charge is -2.23. The van der Waals surface area contributed by atoms with Gasteiger partial charge in [-0.3, -0.25) is 0 Å². The molecule has 2 atom stereocenters. The number of rotatable bonds is 8. The van der Waals surface area contributed by atoms with Gasteiger partial charge in [0.2, 0.25) is 0 Å². The molecule has 1 aromatic carbocycles. The van der Waals surface area contributed by atoms with Crippen LogP contribution in [0, 0.1) is 17.7 Å². The fraction of sp³-hybridized carbons (Fsp3) is 0.625. The second-order valence-corrected chi connectivity index (χ2v) is 5.76. The predicted octanol–water partition coefficient (Wildman–Crippen LogP) is 2.65. The first-order valence-electron chi connectivity index (χ1n) is 7.31. The summed E-state index contributed by atoms with van der Waals surface area (Å²) in [5.74, 6) is 1.44. The number of anilines is 1. The molecule has 0 bridgehead atoms. The van der Waals surface area contributed by atoms with Crippen LogP contribution in [0.3, 0.4) is 0 Å². The summed E-state index contributed by atoms with van der Waals surface area (Å²) in [6.07, 6.45) is 1.29. The number of halogens is 1. The molecular formula is C16H25FN2O. The Bertz CT molecular complexity index is 438. The maximum absolute atomic E-state index is 14.1. The normalized spacial score (nSPS) is 21.0. The summed E-state index contributed by atoms with van der Waals surface area (Å²) >= 11 is 0. The van der Waals surface area contributed by atoms with E-state index in [2.05, 4.69) is 24.2 Å². The van der Waals surface area contributed by atoms with Crippen LogP contribution in [0.25, 0.3) is 0 Å². The van der Waals surface area contributed by atoms with Crippen LogP contribution in [-0.4, -0.2) is 33.9 Å². The van der Waals surface area contributed by atoms with Crippen LogP contribution in [-0.2, 0) is 11.3 Å². The average molecular weight is 280 g/mol. The van der Waals surface area contributed by atoms with E-state index in [4.69, 9.17) is 4.74 Å². The maximum Gasteiger partial charge on any atom is 0.129 e. The standard InChI is InChI=1S/C16H25FN2O/c1-12-9-13(12)11-19(2)16-6-4-5-15(17)14(16)10-18-7-8-20-3/h4-6,12-13,18H,7-11H2,1-3H3. The van der Waals surface area contributed by atoms with Gasteiger partial charge in [0, 0.05) is 45.0 Å². The van der Waals surface area contributed by atoms with Crippen LogP contribution < -0.4 is 10.2 Å². The molecule has 0 spiro atoms. The van der Waals surface area contributed by atoms with Gasteiger partial charge in [0.25, 0.3) is 0 Å². The minimum Gasteiger partial charge on any atom is -0.383 e. The van der Waals surface area contributed by atoms with E-state index in [-0.39, 0.29) is 5.82 Å². The highest BCUT2D eigenvalue weighted by Gasteiger charge is 2.33. The van der Waals surface area contributed by atoms with Gasteiger partial charge in [0.05, 0.1) is 6.61 Å². The summed E-state index contributed by atoms with van der Waals surface area (Å²) in [5, 5.41) is 3.22. The third kappa shape index (κ3) is 3.93. The quantitative estimate of drug-likeness (QED) is 0.741. The molecule has 1 N–H and O–H groups in total. The van der Waals surface area contributed by atoms with Crippen molar-refractivity contribution in [1.29, 1.82) is 0 Å². The summed E-state index contributed by atoms with van der Waals surface area (Å²) < 4.78 is 19.0. The number of nitrogens with one attached hydrogen (secondary N) is 1. The molecule has 2 rings (SSSR count). The summed E-state index contributed by atoms with van der Waals surface area (Å²) in [6, 6.07) is 5.32. The van der Waals surface area contributed by atoms with E-state index in [9.17, 15) is 4.39 Å². The Morgan fingerprint density at radius 3 is 2.85 bits per heavy atom. The highest BCUT2D eigenvalue weighted by Crippen LogP contribution is 2.39. The van der Waals surface area contributed by atoms with Crippen molar-refractivity contribution in [3.05, 3.63) is 29.6 Å². The van der Waals surface area contributed by atoms with Gasteiger partial charge in [-0.25, -0.2) is 4.39 Å². The largest absolute Gasteiger partial charge is 0.383 e. The molecule has 0 aromatic heterocycles. The highest BCUT2D eigenvalue weighted by atomic mass is 19.1. The van der Waals surface area contributed by atoms with Crippen LogP contribution in [0.5, 0.6) is 0 Å². The number of hydrogen-bond donors (Lipinski definition) is 1. The van der Waals surface area contributed by atoms with Crippen molar-refractivity contribution in [2.75, 3.05) is 38.8 Å². The monoisotopic (exact) mass is 280 g/mol. The second-order valence-electron chi connectivity index (χ2n) is 5.76. The van der Waals surface area contributed by atoms with Crippen molar-refractivity contribution in [3.63, 3.8) is 0 Å². The van der Waals surface area contributed by atoms with Crippen LogP contribution in [0.15, 0.2) is 18.2 Å². The Balaban J connectivity index is 2.00. The summed E-state index contributed by atoms with van der Waals surface area (Å²) in [6.45, 7) is 5.19. The maximum atomic E-state index is 14.1. The van der Waals surface area contributed by atoms with Gasteiger partial charge in [0.15, 0.2) is 0 Å². The van der Waals surface area contributed by atoms with Crippen LogP contribution in [0.2, 0.25) is 0 Å². The first kappa shape index (κ1) is 15.3. The van der Waals surface area contributed by atoms with Gasteiger partial charge < -0.3 is 15.0 Å². The molecule has 0 saturated heterocycles. The minimum atomic E-state index is -0.136. The molecular weight excluding hydrogens is 255 g/mol. The molecule has 1 aliphatic rings. The summed E-state index contributed by atoms with van der Waals surface area (Å²) in [4.78, 5) is 2.19. The van der Waals surface area contributed by atoms with Gasteiger partial charge in [-0.1, -0.05) is 13.0 Å². The molecule has 0 aliphatic heterocycles. The molecule has 3 nitrogen and oxygen atoms in total. The van der Waals surface area contributed by atoms with E-state index in [1.807, 2.05) is 6.07 Å². The van der Waals surface area contributed by atoms with Gasteiger partial charge in [-0.15, -0.1) is 0 Å². The Hall–Kier alpha value is -1.13. The van der Waals surface area contributed by atoms with E-state index in [0.717, 1.165) is 36.2 Å². The van der Waals surface area contributed by atoms with Crippen LogP contribution >= 0.6 is 0 Å². The van der Waals surface area contributed by atoms with Gasteiger partial charge in [0.1, 0.15) is 5.82 Å². The molecule has 20 heavy (non-hydrogen) atoms. The highest BCUT2D eigenvalue weighted by molar-refractivity contribution is 5.53. The molecule has 0 heterocycles. The SMILES string of the molecule is COCCNCc1c(F)cccc1N(C)CC1CC1C. The van der Waals surface area contributed by atoms with Crippen molar-refractivity contribution in [2.45, 2.75) is 19.9 Å². The van der Waals surface area contributed by atoms with Crippen molar-refractivity contribution in [3.8, 4) is 0 Å². The van der Waals surface area contributed by atoms with E-state index in [1.165, 1.54) is 12.5 Å². The average Bonchev–Trinajstić information content (AvgIpc) is 3.11. The lowest BCUT2D eigenvalue weighted by Crippen LogP contribution is -2.25. The third-order valence-corrected chi connectivity index (χ3v) is 4.07. The number of benzene rings is 1. The fourth-order valence-corrected chi connectivity index (χ4v) is 2.57. The molecule has 0 radical (unpaired) electrons. The zero-order valence-electron chi connectivity index (χ0n) is 12.7. The zero-order valence-corrected chi connectivity index (χ0v) is 12.7. The number of methoxy groups -OCH3 is 1. The molecule has 0 amide bonds. The fourth-order valence-electron chi connectivity index (χ4n) is 2.57. The molecule has 2 unspecified atom stereocenters. The number of ether oxygens (including phenoxy) is 1. The van der Waals surface area contributed by atoms with Crippen molar-refractivity contribution in [2.24, 2.45) is 11.8 Å². The molecule has 4 heteroatoms. The Morgan fingerprint density at radius 1 is 1.45 bits per heavy atom. The smallest absolute Gasteiger partial charge is 0.129 e. The Morgan fingerprint density at radius 2 is 2.20 bits per heavy atom. The molecule has 1 aromatic rings. The lowest BCUT2D eigenvalue weighted by atomic mass is 10.1. The first-order valence-corrected chi connectivity index (χ1v) is 7.31. The van der Waals surface area contributed by atoms with Crippen molar-refractivity contribution in [1.82, 2.24) is 5.32 Å². The second kappa shape index (κ2) is 7.04. The number of hydrogen-bond acceptors (Lipinski definition) is 3. The van der Waals surface area contributed by atoms with E-state index < -0.39 is 0 Å². The van der Waals surface area contributed by atoms with Crippen molar-refractivity contribution < 1.29 is 9.13 Å². The van der Waals surface area contributed by atoms with E-state index in [1.54, 1.807) is 13.2 Å². The first-order chi connectivity index (χ1) is 9.63. The van der Waals surface area contributed by atoms with Crippen LogP contribution in [0.1, 0.15) is 18.9 Å². The van der Waals surface area contributed by atoms with Crippen molar-refractivity contribution >= 4 is 5.69 Å². The minimum absolute atomic E-state index is 0.136. The molecule has 112 valence electrons. The van der Waals surface area contributed by atoms with Gasteiger partial charge >= 0.3 is 0 Å². The molecule has 1 fully saturated rings. The Labute approximate surface area is 121 Å². The topological polar surface area (TPSA) is 24.5 Å². The number of nitrogens with zero attached hydrogens (tertiary/aromatic N) is 1. The molecule has 1 aliphatic carbocycles.